The number of carboxylic acids is 3. The summed E-state index contributed by atoms with van der Waals surface area (Å²) in [5.41, 5.74) is 7.90. The summed E-state index contributed by atoms with van der Waals surface area (Å²) in [6.45, 7) is 2.29. The number of nitrogens with zero attached hydrogens (tertiary/aromatic N) is 3. The Morgan fingerprint density at radius 1 is 0.556 bits per heavy atom. The van der Waals surface area contributed by atoms with Gasteiger partial charge in [-0.3, -0.25) is 57.6 Å². The quantitative estimate of drug-likeness (QED) is 0.00854. The summed E-state index contributed by atoms with van der Waals surface area (Å²) < 4.78 is 13.7. The van der Waals surface area contributed by atoms with Gasteiger partial charge in [0.15, 0.2) is 0 Å². The molecule has 1 aromatic heterocycles. The minimum absolute atomic E-state index is 0. The number of amides is 8. The van der Waals surface area contributed by atoms with E-state index in [0.29, 0.717) is 34.0 Å². The zero-order valence-corrected chi connectivity index (χ0v) is 59.9. The van der Waals surface area contributed by atoms with Gasteiger partial charge in [0, 0.05) is 113 Å². The van der Waals surface area contributed by atoms with Crippen LogP contribution in [0, 0.1) is 0 Å². The minimum atomic E-state index is -4.19. The van der Waals surface area contributed by atoms with Gasteiger partial charge >= 0.3 is 19.8 Å². The molecule has 4 aromatic rings. The molecule has 0 bridgehead atoms. The maximum atomic E-state index is 15.0. The van der Waals surface area contributed by atoms with Crippen LogP contribution >= 0.6 is 32.6 Å². The predicted molar refractivity (Wildman–Crippen MR) is 363 cm³/mol. The molecule has 2 heterocycles. The van der Waals surface area contributed by atoms with Crippen molar-refractivity contribution >= 4 is 128 Å². The smallest absolute Gasteiger partial charge is 0.549 e. The van der Waals surface area contributed by atoms with Crippen LogP contribution in [0.15, 0.2) is 85.1 Å². The van der Waals surface area contributed by atoms with Crippen LogP contribution in [-0.2, 0) is 76.6 Å². The Balaban J connectivity index is 0.0000208. The number of H-pyrrole nitrogens is 1. The van der Waals surface area contributed by atoms with Gasteiger partial charge in [0.05, 0.1) is 42.4 Å². The molecule has 0 radical (unpaired) electrons. The summed E-state index contributed by atoms with van der Waals surface area (Å²) in [6.07, 6.45) is -3.50. The molecule has 1 saturated heterocycles. The Labute approximate surface area is 595 Å². The van der Waals surface area contributed by atoms with E-state index in [2.05, 4.69) is 67.5 Å². The van der Waals surface area contributed by atoms with Gasteiger partial charge < -0.3 is 103 Å². The van der Waals surface area contributed by atoms with Crippen LogP contribution in [0.5, 0.6) is 5.75 Å². The van der Waals surface area contributed by atoms with E-state index in [1.54, 1.807) is 65.7 Å². The third-order valence-electron chi connectivity index (χ3n) is 16.0. The van der Waals surface area contributed by atoms with E-state index >= 15 is 0 Å². The molecule has 1 aliphatic rings. The van der Waals surface area contributed by atoms with Crippen LogP contribution in [-0.4, -0.2) is 268 Å². The van der Waals surface area contributed by atoms with Crippen LogP contribution in [0.3, 0.4) is 0 Å². The normalized spacial score (nSPS) is 16.7. The number of aliphatic hydroxyl groups excluding tert-OH is 2. The molecule has 11 atom stereocenters. The molecule has 15 N–H and O–H groups in total. The van der Waals surface area contributed by atoms with Crippen molar-refractivity contribution in [2.75, 3.05) is 82.9 Å². The fourth-order valence-electron chi connectivity index (χ4n) is 10.6. The first-order chi connectivity index (χ1) is 46.5. The summed E-state index contributed by atoms with van der Waals surface area (Å²) in [7, 11) is -4.19. The number of benzene rings is 3. The second-order valence-electron chi connectivity index (χ2n) is 23.8. The Bertz CT molecular complexity index is 3390. The Morgan fingerprint density at radius 3 is 1.51 bits per heavy atom. The molecule has 32 nitrogen and oxygen atoms in total. The average molecular weight is 1490 g/mol. The number of aliphatic carboxylic acids is 3. The molecule has 0 spiro atoms. The standard InChI is InChI=1S/C63H90N13O19PS2.Ga/c1-37(77)54(62(91)71-50(35-98)61(90)73-55(38(2)78)63(92)93)72-56(85)45(14-8-9-20-64)67-59(88)48(30-41-31-65-44-13-7-6-12-43(41)44)69-58(87)47(29-40-15-17-42(79)18-16-40)68-60(89)49(34-97)70-57(86)46(28-39-10-4-3-5-11-39)66-51(80)19-27-96(94,95)36-76-25-23-74(32-52(81)82)21-22-75(24-26-76)33-53(83)84;/h3-7,10-13,15-18,31,37-38,45-50,54-55,65,77-79,97-98H,8-9,14,19-30,32-36,64H2,1-2H3,(H,66,80)(H,67,88)(H,68,89)(H,69,87)(H,70,86)(H,71,91)(H,72,85)(H,73,90)(H,81,82)(H,83,84)(H,92,93)(H,94,95);/q;+3/p-3/t37-,38-,45+,46+,47+,48+,49+,50+,54+,55+;/m1./s1/i;1-3. The van der Waals surface area contributed by atoms with Gasteiger partial charge in [0.1, 0.15) is 48.0 Å². The van der Waals surface area contributed by atoms with E-state index in [4.69, 9.17) is 5.73 Å². The number of thiol groups is 2. The van der Waals surface area contributed by atoms with E-state index in [-0.39, 0.29) is 103 Å². The number of aromatic nitrogens is 1. The summed E-state index contributed by atoms with van der Waals surface area (Å²) in [6, 6.07) is 8.13. The number of carboxylic acid groups (broad SMARTS) is 3. The van der Waals surface area contributed by atoms with Crippen molar-refractivity contribution in [3.63, 3.8) is 0 Å². The summed E-state index contributed by atoms with van der Waals surface area (Å²) in [5, 5.41) is 86.0. The molecule has 1 unspecified atom stereocenters. The Hall–Kier alpha value is -7.54. The number of nitrogens with two attached hydrogens (primary N) is 1. The molecule has 99 heavy (non-hydrogen) atoms. The Morgan fingerprint density at radius 2 is 0.990 bits per heavy atom. The maximum Gasteiger partial charge on any atom is 3.00 e. The first-order valence-corrected chi connectivity index (χ1v) is 34.9. The van der Waals surface area contributed by atoms with Crippen molar-refractivity contribution in [3.8, 4) is 5.75 Å². The fraction of sp³-hybridized carbons (Fsp3) is 0.508. The summed E-state index contributed by atoms with van der Waals surface area (Å²) in [5.74, 6) is -13.4. The van der Waals surface area contributed by atoms with Crippen molar-refractivity contribution in [3.05, 3.63) is 102 Å². The third-order valence-corrected chi connectivity index (χ3v) is 18.5. The number of unbranched alkanes of at least 4 members (excludes halogenated alkanes) is 1. The first-order valence-electron chi connectivity index (χ1n) is 31.6. The number of fused-ring (bicyclic) bond motifs is 1. The number of phenols is 1. The van der Waals surface area contributed by atoms with Crippen molar-refractivity contribution < 1.29 is 92.8 Å². The molecule has 538 valence electrons. The number of para-hydroxylation sites is 1. The summed E-state index contributed by atoms with van der Waals surface area (Å²) >= 11 is 8.44. The molecule has 36 heteroatoms. The molecular formula is C63H87GaN13O19PS2. The number of hydrogen-bond donors (Lipinski definition) is 16. The molecule has 1 fully saturated rings. The summed E-state index contributed by atoms with van der Waals surface area (Å²) in [4.78, 5) is 167. The maximum absolute atomic E-state index is 15.0. The van der Waals surface area contributed by atoms with E-state index in [1.165, 1.54) is 34.1 Å². The number of rotatable bonds is 39. The van der Waals surface area contributed by atoms with E-state index in [1.807, 2.05) is 5.32 Å². The van der Waals surface area contributed by atoms with E-state index in [0.717, 1.165) is 13.8 Å². The minimum Gasteiger partial charge on any atom is -0.549 e. The van der Waals surface area contributed by atoms with Crippen molar-refractivity contribution in [2.24, 2.45) is 5.73 Å². The molecule has 0 saturated carbocycles. The van der Waals surface area contributed by atoms with Gasteiger partial charge in [-0.1, -0.05) is 60.7 Å². The molecule has 3 aromatic carbocycles. The molecular weight excluding hydrogens is 1400 g/mol. The number of aliphatic hydroxyl groups is 2. The van der Waals surface area contributed by atoms with Crippen LogP contribution in [0.25, 0.3) is 10.9 Å². The average Bonchev–Trinajstić information content (AvgIpc) is 1.79. The van der Waals surface area contributed by atoms with Gasteiger partial charge in [0.25, 0.3) is 0 Å². The number of carbonyl (C=O) groups is 11. The monoisotopic (exact) mass is 1490 g/mol. The number of hydrogen-bond acceptors (Lipinski definition) is 24. The SMILES string of the molecule is C[C@@H](O)[C@H](NC(=O)[C@H](CS)NC(=O)[C@@H](NC(=O)[C@H](CCCCN)NC(=O)[C@H](Cc1c[nH]c2ccccc12)NC(=O)[C@H](Cc1ccc(O)cc1)NC(=O)[C@H](CS)NC(=O)[C@H](Cc1ccccc1)NC(=O)CCP(=O)(O)CN1CCN(CC(=O)[O-])CCN(CC(=O)[O-])CC1)[C@@H](C)O)C(=O)[O-].[67Ga+3]. The van der Waals surface area contributed by atoms with Gasteiger partial charge in [0.2, 0.25) is 54.6 Å². The van der Waals surface area contributed by atoms with E-state index in [9.17, 15) is 92.8 Å². The van der Waals surface area contributed by atoms with Crippen LogP contribution < -0.4 is 63.6 Å². The largest absolute Gasteiger partial charge is 3.00 e. The van der Waals surface area contributed by atoms with Crippen molar-refractivity contribution in [2.45, 2.75) is 119 Å². The topological polar surface area (TPSA) is 503 Å². The number of aromatic hydroxyl groups is 1. The number of nitrogens with one attached hydrogen (secondary N) is 9. The second-order valence-corrected chi connectivity index (χ2v) is 27.0. The second kappa shape index (κ2) is 41.9. The van der Waals surface area contributed by atoms with Crippen molar-refractivity contribution in [1.29, 1.82) is 0 Å². The van der Waals surface area contributed by atoms with E-state index < -0.39 is 177 Å². The molecule has 1 aliphatic heterocycles. The van der Waals surface area contributed by atoms with Gasteiger partial charge in [-0.15, -0.1) is 0 Å². The predicted octanol–water partition coefficient (Wildman–Crippen LogP) is -7.06. The first kappa shape index (κ1) is 83.9. The Kier molecular flexibility index (Phi) is 35.5. The molecule has 0 aliphatic carbocycles. The zero-order valence-electron chi connectivity index (χ0n) is 54.7. The fourth-order valence-corrected chi connectivity index (χ4v) is 12.7. The third kappa shape index (κ3) is 28.5. The molecule has 5 rings (SSSR count). The molecule has 8 amide bonds. The zero-order chi connectivity index (χ0) is 72.2. The van der Waals surface area contributed by atoms with Crippen LogP contribution in [0.2, 0.25) is 0 Å². The number of aromatic amines is 1. The van der Waals surface area contributed by atoms with Gasteiger partial charge in [-0.05, 0) is 74.5 Å². The van der Waals surface area contributed by atoms with Crippen molar-refractivity contribution in [1.82, 2.24) is 62.2 Å². The van der Waals surface area contributed by atoms with Crippen LogP contribution in [0.1, 0.15) is 56.2 Å². The van der Waals surface area contributed by atoms with Crippen LogP contribution in [0.4, 0.5) is 0 Å². The van der Waals surface area contributed by atoms with Gasteiger partial charge in [-0.25, -0.2) is 0 Å². The number of phenolic OH excluding ortho intramolecular Hbond substituents is 1. The number of carbonyl (C=O) groups excluding carboxylic acids is 11. The van der Waals surface area contributed by atoms with Gasteiger partial charge in [-0.2, -0.15) is 25.3 Å².